The summed E-state index contributed by atoms with van der Waals surface area (Å²) in [5.41, 5.74) is 1.18. The fraction of sp³-hybridized carbons (Fsp3) is 0.615. The molecule has 5 heteroatoms. The lowest BCUT2D eigenvalue weighted by atomic mass is 9.87. The van der Waals surface area contributed by atoms with Crippen LogP contribution in [-0.4, -0.2) is 35.7 Å². The molecule has 18 heavy (non-hydrogen) atoms. The van der Waals surface area contributed by atoms with Gasteiger partial charge in [-0.3, -0.25) is 9.59 Å². The molecule has 1 aromatic heterocycles. The molecule has 1 saturated carbocycles. The minimum Gasteiger partial charge on any atom is -0.348 e. The number of ketones is 1. The van der Waals surface area contributed by atoms with Crippen molar-refractivity contribution in [2.45, 2.75) is 32.1 Å². The predicted molar refractivity (Wildman–Crippen MR) is 68.8 cm³/mol. The van der Waals surface area contributed by atoms with Crippen molar-refractivity contribution in [2.75, 3.05) is 14.1 Å². The van der Waals surface area contributed by atoms with Gasteiger partial charge >= 0.3 is 0 Å². The molecule has 96 valence electrons. The Morgan fingerprint density at radius 2 is 2.11 bits per heavy atom. The van der Waals surface area contributed by atoms with Crippen molar-refractivity contribution in [1.82, 2.24) is 9.88 Å². The minimum absolute atomic E-state index is 0.0367. The van der Waals surface area contributed by atoms with Gasteiger partial charge in [0.1, 0.15) is 5.01 Å². The maximum Gasteiger partial charge on any atom is 0.228 e. The molecule has 0 unspecified atom stereocenters. The highest BCUT2D eigenvalue weighted by molar-refractivity contribution is 7.14. The van der Waals surface area contributed by atoms with E-state index in [1.165, 1.54) is 11.3 Å². The second-order valence-electron chi connectivity index (χ2n) is 5.63. The monoisotopic (exact) mass is 264 g/mol. The van der Waals surface area contributed by atoms with Crippen LogP contribution >= 0.6 is 11.3 Å². The Kier molecular flexibility index (Phi) is 2.55. The zero-order valence-electron chi connectivity index (χ0n) is 10.7. The van der Waals surface area contributed by atoms with E-state index in [-0.39, 0.29) is 17.1 Å². The molecule has 0 atom stereocenters. The molecule has 0 bridgehead atoms. The van der Waals surface area contributed by atoms with E-state index in [4.69, 9.17) is 0 Å². The molecule has 2 aliphatic carbocycles. The standard InChI is InChI=1S/C13H16N2O2S/c1-15(2)11(17)5-10-14-8-6-13(3-4-13)7-9(16)12(8)18-10/h3-7H2,1-2H3. The number of nitrogens with zero attached hydrogens (tertiary/aromatic N) is 2. The third-order valence-electron chi connectivity index (χ3n) is 3.83. The van der Waals surface area contributed by atoms with Crippen molar-refractivity contribution in [2.24, 2.45) is 5.41 Å². The second-order valence-corrected chi connectivity index (χ2v) is 6.71. The van der Waals surface area contributed by atoms with Gasteiger partial charge in [0.15, 0.2) is 5.78 Å². The first-order valence-corrected chi connectivity index (χ1v) is 7.03. The van der Waals surface area contributed by atoms with Crippen molar-refractivity contribution in [1.29, 1.82) is 0 Å². The van der Waals surface area contributed by atoms with Crippen molar-refractivity contribution in [3.8, 4) is 0 Å². The number of likely N-dealkylation sites (N-methyl/N-ethyl adjacent to an activating group) is 1. The number of hydrogen-bond acceptors (Lipinski definition) is 4. The first-order chi connectivity index (χ1) is 8.49. The average molecular weight is 264 g/mol. The quantitative estimate of drug-likeness (QED) is 0.816. The third kappa shape index (κ3) is 1.96. The van der Waals surface area contributed by atoms with E-state index < -0.39 is 0 Å². The summed E-state index contributed by atoms with van der Waals surface area (Å²) in [7, 11) is 3.47. The number of fused-ring (bicyclic) bond motifs is 1. The van der Waals surface area contributed by atoms with E-state index in [1.54, 1.807) is 19.0 Å². The molecule has 1 fully saturated rings. The molecule has 1 spiro atoms. The van der Waals surface area contributed by atoms with E-state index in [0.29, 0.717) is 12.8 Å². The molecule has 4 nitrogen and oxygen atoms in total. The second kappa shape index (κ2) is 3.88. The van der Waals surface area contributed by atoms with Crippen LogP contribution in [0.15, 0.2) is 0 Å². The molecule has 0 radical (unpaired) electrons. The van der Waals surface area contributed by atoms with Gasteiger partial charge in [-0.2, -0.15) is 0 Å². The molecule has 1 aromatic rings. The number of carbonyl (C=O) groups excluding carboxylic acids is 2. The van der Waals surface area contributed by atoms with E-state index in [0.717, 1.165) is 34.8 Å². The smallest absolute Gasteiger partial charge is 0.228 e. The highest BCUT2D eigenvalue weighted by atomic mass is 32.1. The summed E-state index contributed by atoms with van der Waals surface area (Å²) in [6.45, 7) is 0. The molecule has 0 aliphatic heterocycles. The molecule has 1 heterocycles. The molecule has 0 aromatic carbocycles. The third-order valence-corrected chi connectivity index (χ3v) is 4.97. The Balaban J connectivity index is 1.84. The van der Waals surface area contributed by atoms with Gasteiger partial charge in [-0.15, -0.1) is 11.3 Å². The zero-order valence-corrected chi connectivity index (χ0v) is 11.5. The number of hydrogen-bond donors (Lipinski definition) is 0. The highest BCUT2D eigenvalue weighted by Crippen LogP contribution is 2.55. The van der Waals surface area contributed by atoms with Gasteiger partial charge in [0, 0.05) is 20.5 Å². The Bertz CT molecular complexity index is 529. The first kappa shape index (κ1) is 11.8. The van der Waals surface area contributed by atoms with Crippen molar-refractivity contribution >= 4 is 23.0 Å². The van der Waals surface area contributed by atoms with Crippen LogP contribution in [-0.2, 0) is 17.6 Å². The summed E-state index contributed by atoms with van der Waals surface area (Å²) >= 11 is 1.41. The number of thiazole rings is 1. The van der Waals surface area contributed by atoms with Crippen LogP contribution in [0.3, 0.4) is 0 Å². The van der Waals surface area contributed by atoms with Crippen LogP contribution in [0.25, 0.3) is 0 Å². The van der Waals surface area contributed by atoms with Gasteiger partial charge in [0.25, 0.3) is 0 Å². The summed E-state index contributed by atoms with van der Waals surface area (Å²) in [5, 5.41) is 0.782. The van der Waals surface area contributed by atoms with Gasteiger partial charge in [0.2, 0.25) is 5.91 Å². The summed E-state index contributed by atoms with van der Waals surface area (Å²) in [4.78, 5) is 30.6. The fourth-order valence-electron chi connectivity index (χ4n) is 2.47. The van der Waals surface area contributed by atoms with E-state index in [2.05, 4.69) is 4.98 Å². The van der Waals surface area contributed by atoms with Crippen molar-refractivity contribution < 1.29 is 9.59 Å². The van der Waals surface area contributed by atoms with Crippen molar-refractivity contribution in [3.63, 3.8) is 0 Å². The molecular weight excluding hydrogens is 248 g/mol. The van der Waals surface area contributed by atoms with Crippen LogP contribution in [0.1, 0.15) is 39.6 Å². The van der Waals surface area contributed by atoms with E-state index in [1.807, 2.05) is 0 Å². The Hall–Kier alpha value is -1.23. The van der Waals surface area contributed by atoms with E-state index >= 15 is 0 Å². The minimum atomic E-state index is 0.0367. The molecule has 1 amide bonds. The number of rotatable bonds is 2. The van der Waals surface area contributed by atoms with Gasteiger partial charge in [-0.1, -0.05) is 0 Å². The van der Waals surface area contributed by atoms with Gasteiger partial charge in [-0.25, -0.2) is 4.98 Å². The van der Waals surface area contributed by atoms with Crippen LogP contribution < -0.4 is 0 Å². The van der Waals surface area contributed by atoms with Gasteiger partial charge in [0.05, 0.1) is 17.0 Å². The normalized spacial score (nSPS) is 19.8. The molecule has 2 aliphatic rings. The summed E-state index contributed by atoms with van der Waals surface area (Å²) in [6, 6.07) is 0. The fourth-order valence-corrected chi connectivity index (χ4v) is 3.48. The Labute approximate surface area is 110 Å². The summed E-state index contributed by atoms with van der Waals surface area (Å²) in [5.74, 6) is 0.268. The van der Waals surface area contributed by atoms with Crippen LogP contribution in [0, 0.1) is 5.41 Å². The maximum absolute atomic E-state index is 12.0. The molecular formula is C13H16N2O2S. The number of aromatic nitrogens is 1. The van der Waals surface area contributed by atoms with Crippen LogP contribution in [0.4, 0.5) is 0 Å². The Morgan fingerprint density at radius 1 is 1.39 bits per heavy atom. The van der Waals surface area contributed by atoms with Crippen LogP contribution in [0.2, 0.25) is 0 Å². The zero-order chi connectivity index (χ0) is 12.9. The SMILES string of the molecule is CN(C)C(=O)Cc1nc2c(s1)C(=O)CC1(CC1)C2. The van der Waals surface area contributed by atoms with Crippen LogP contribution in [0.5, 0.6) is 0 Å². The highest BCUT2D eigenvalue weighted by Gasteiger charge is 2.48. The lowest BCUT2D eigenvalue weighted by molar-refractivity contribution is -0.127. The summed E-state index contributed by atoms with van der Waals surface area (Å²) < 4.78 is 0. The predicted octanol–water partition coefficient (Wildman–Crippen LogP) is 1.68. The van der Waals surface area contributed by atoms with Gasteiger partial charge < -0.3 is 4.90 Å². The molecule has 0 saturated heterocycles. The lowest BCUT2D eigenvalue weighted by Gasteiger charge is -2.18. The maximum atomic E-state index is 12.0. The number of carbonyl (C=O) groups is 2. The van der Waals surface area contributed by atoms with E-state index in [9.17, 15) is 9.59 Å². The molecule has 3 rings (SSSR count). The van der Waals surface area contributed by atoms with Gasteiger partial charge in [-0.05, 0) is 24.7 Å². The molecule has 0 N–H and O–H groups in total. The first-order valence-electron chi connectivity index (χ1n) is 6.21. The number of amides is 1. The lowest BCUT2D eigenvalue weighted by Crippen LogP contribution is -2.23. The number of Topliss-reactive ketones (excluding diaryl/α,β-unsaturated/α-hetero) is 1. The topological polar surface area (TPSA) is 50.3 Å². The summed E-state index contributed by atoms with van der Waals surface area (Å²) in [6.07, 6.45) is 4.23. The van der Waals surface area contributed by atoms with Crippen molar-refractivity contribution in [3.05, 3.63) is 15.6 Å². The largest absolute Gasteiger partial charge is 0.348 e. The average Bonchev–Trinajstić information content (AvgIpc) is 2.88. The Morgan fingerprint density at radius 3 is 2.72 bits per heavy atom.